The van der Waals surface area contributed by atoms with Crippen molar-refractivity contribution in [2.45, 2.75) is 6.92 Å². The van der Waals surface area contributed by atoms with Crippen LogP contribution in [0.15, 0.2) is 23.8 Å². The maximum absolute atomic E-state index is 12.0. The van der Waals surface area contributed by atoms with Crippen LogP contribution in [0.1, 0.15) is 17.3 Å². The average molecular weight is 483 g/mol. The second-order valence-corrected chi connectivity index (χ2v) is 6.22. The Morgan fingerprint density at radius 3 is 2.11 bits per heavy atom. The summed E-state index contributed by atoms with van der Waals surface area (Å²) in [5, 5.41) is 8.97. The van der Waals surface area contributed by atoms with Crippen molar-refractivity contribution in [2.24, 2.45) is 0 Å². The highest BCUT2D eigenvalue weighted by Crippen LogP contribution is 2.33. The number of halogens is 2. The number of carboxylic acid groups (broad SMARTS) is 1. The first-order valence-corrected chi connectivity index (χ1v) is 7.27. The third-order valence-corrected chi connectivity index (χ3v) is 4.23. The summed E-state index contributed by atoms with van der Waals surface area (Å²) in [5.41, 5.74) is 0.939. The molecule has 1 N–H and O–H groups in total. The van der Waals surface area contributed by atoms with E-state index >= 15 is 0 Å². The smallest absolute Gasteiger partial charge is 0.335 e. The van der Waals surface area contributed by atoms with Crippen LogP contribution in [0.2, 0.25) is 0 Å². The molecule has 5 nitrogen and oxygen atoms in total. The molecule has 98 valence electrons. The van der Waals surface area contributed by atoms with Crippen molar-refractivity contribution in [3.8, 4) is 0 Å². The largest absolute Gasteiger partial charge is 0.478 e. The molecule has 7 heteroatoms. The third-order valence-electron chi connectivity index (χ3n) is 2.59. The van der Waals surface area contributed by atoms with Gasteiger partial charge in [-0.2, -0.15) is 0 Å². The molecule has 1 aliphatic heterocycles. The molecule has 1 heterocycles. The van der Waals surface area contributed by atoms with Gasteiger partial charge in [-0.1, -0.05) is 0 Å². The number of hydrogen-bond donors (Lipinski definition) is 1. The monoisotopic (exact) mass is 483 g/mol. The van der Waals surface area contributed by atoms with Gasteiger partial charge in [-0.25, -0.2) is 9.69 Å². The van der Waals surface area contributed by atoms with E-state index in [-0.39, 0.29) is 11.5 Å². The van der Waals surface area contributed by atoms with E-state index < -0.39 is 11.9 Å². The van der Waals surface area contributed by atoms with Gasteiger partial charge >= 0.3 is 5.97 Å². The number of benzene rings is 1. The van der Waals surface area contributed by atoms with Gasteiger partial charge in [0, 0.05) is 18.8 Å². The van der Waals surface area contributed by atoms with Crippen molar-refractivity contribution < 1.29 is 19.5 Å². The molecule has 1 aromatic rings. The van der Waals surface area contributed by atoms with Crippen molar-refractivity contribution in [3.63, 3.8) is 0 Å². The van der Waals surface area contributed by atoms with E-state index in [4.69, 9.17) is 5.11 Å². The molecule has 0 spiro atoms. The van der Waals surface area contributed by atoms with Crippen LogP contribution in [0, 0.1) is 7.14 Å². The number of carboxylic acids is 1. The van der Waals surface area contributed by atoms with Gasteiger partial charge in [0.15, 0.2) is 0 Å². The first-order valence-electron chi connectivity index (χ1n) is 5.12. The van der Waals surface area contributed by atoms with Gasteiger partial charge in [-0.05, 0) is 64.2 Å². The molecule has 0 bridgehead atoms. The highest BCUT2D eigenvalue weighted by atomic mass is 127. The zero-order valence-corrected chi connectivity index (χ0v) is 13.9. The summed E-state index contributed by atoms with van der Waals surface area (Å²) >= 11 is 3.85. The summed E-state index contributed by atoms with van der Waals surface area (Å²) in [6.45, 7) is 1.57. The maximum Gasteiger partial charge on any atom is 0.335 e. The Kier molecular flexibility index (Phi) is 3.95. The lowest BCUT2D eigenvalue weighted by Crippen LogP contribution is -2.32. The number of nitrogens with zero attached hydrogens (tertiary/aromatic N) is 1. The predicted octanol–water partition coefficient (Wildman–Crippen LogP) is 2.41. The van der Waals surface area contributed by atoms with Crippen molar-refractivity contribution in [3.05, 3.63) is 36.5 Å². The summed E-state index contributed by atoms with van der Waals surface area (Å²) in [6, 6.07) is 2.88. The van der Waals surface area contributed by atoms with Crippen LogP contribution in [-0.4, -0.2) is 22.9 Å². The zero-order valence-electron chi connectivity index (χ0n) is 9.61. The number of anilines is 1. The lowest BCUT2D eigenvalue weighted by molar-refractivity contribution is -0.120. The molecule has 0 aliphatic carbocycles. The van der Waals surface area contributed by atoms with Crippen LogP contribution in [0.4, 0.5) is 5.69 Å². The molecule has 1 aromatic carbocycles. The zero-order chi connectivity index (χ0) is 14.3. The van der Waals surface area contributed by atoms with Crippen LogP contribution in [0.5, 0.6) is 0 Å². The Morgan fingerprint density at radius 2 is 1.74 bits per heavy atom. The van der Waals surface area contributed by atoms with Crippen molar-refractivity contribution in [1.29, 1.82) is 0 Å². The van der Waals surface area contributed by atoms with E-state index in [1.54, 1.807) is 6.92 Å². The first-order chi connectivity index (χ1) is 8.82. The minimum absolute atomic E-state index is 0.126. The molecule has 1 aliphatic rings. The highest BCUT2D eigenvalue weighted by Gasteiger charge is 2.32. The van der Waals surface area contributed by atoms with E-state index in [1.165, 1.54) is 18.2 Å². The molecular formula is C12H7I2NO4. The number of rotatable bonds is 2. The van der Waals surface area contributed by atoms with Crippen LogP contribution in [0.25, 0.3) is 0 Å². The van der Waals surface area contributed by atoms with Crippen LogP contribution in [-0.2, 0) is 9.59 Å². The third kappa shape index (κ3) is 2.53. The fraction of sp³-hybridized carbons (Fsp3) is 0.0833. The Morgan fingerprint density at radius 1 is 1.21 bits per heavy atom. The van der Waals surface area contributed by atoms with E-state index in [0.717, 1.165) is 4.90 Å². The van der Waals surface area contributed by atoms with E-state index in [2.05, 4.69) is 0 Å². The molecule has 2 amide bonds. The Bertz CT molecular complexity index is 628. The number of carbonyl (C=O) groups excluding carboxylic acids is 2. The fourth-order valence-electron chi connectivity index (χ4n) is 1.70. The minimum atomic E-state index is -1.05. The Hall–Kier alpha value is -0.970. The van der Waals surface area contributed by atoms with E-state index in [0.29, 0.717) is 18.4 Å². The summed E-state index contributed by atoms with van der Waals surface area (Å²) in [6.07, 6.45) is 1.28. The van der Waals surface area contributed by atoms with Gasteiger partial charge in [-0.3, -0.25) is 9.59 Å². The minimum Gasteiger partial charge on any atom is -0.478 e. The Balaban J connectivity index is 2.56. The highest BCUT2D eigenvalue weighted by molar-refractivity contribution is 14.1. The second kappa shape index (κ2) is 5.19. The van der Waals surface area contributed by atoms with E-state index in [9.17, 15) is 14.4 Å². The van der Waals surface area contributed by atoms with Gasteiger partial charge < -0.3 is 5.11 Å². The summed E-state index contributed by atoms with van der Waals surface area (Å²) in [4.78, 5) is 35.8. The molecule has 0 radical (unpaired) electrons. The number of imide groups is 1. The van der Waals surface area contributed by atoms with Crippen LogP contribution < -0.4 is 4.90 Å². The van der Waals surface area contributed by atoms with Gasteiger partial charge in [-0.15, -0.1) is 0 Å². The van der Waals surface area contributed by atoms with Gasteiger partial charge in [0.2, 0.25) is 0 Å². The normalized spacial score (nSPS) is 14.9. The SMILES string of the molecule is CC1=CC(=O)N(c2c(I)cc(C(=O)O)cc2I)C1=O. The van der Waals surface area contributed by atoms with Gasteiger partial charge in [0.25, 0.3) is 11.8 Å². The first kappa shape index (κ1) is 14.4. The van der Waals surface area contributed by atoms with Gasteiger partial charge in [0.1, 0.15) is 0 Å². The van der Waals surface area contributed by atoms with Crippen molar-refractivity contribution in [1.82, 2.24) is 0 Å². The van der Waals surface area contributed by atoms with Crippen molar-refractivity contribution in [2.75, 3.05) is 4.90 Å². The number of aromatic carboxylic acids is 1. The summed E-state index contributed by atoms with van der Waals surface area (Å²) < 4.78 is 1.10. The van der Waals surface area contributed by atoms with Crippen molar-refractivity contribution >= 4 is 68.7 Å². The molecule has 19 heavy (non-hydrogen) atoms. The summed E-state index contributed by atoms with van der Waals surface area (Å²) in [7, 11) is 0. The molecular weight excluding hydrogens is 476 g/mol. The Labute approximate surface area is 135 Å². The second-order valence-electron chi connectivity index (χ2n) is 3.90. The predicted molar refractivity (Wildman–Crippen MR) is 85.1 cm³/mol. The topological polar surface area (TPSA) is 74.7 Å². The molecule has 2 rings (SSSR count). The number of amides is 2. The van der Waals surface area contributed by atoms with Gasteiger partial charge in [0.05, 0.1) is 11.3 Å². The number of carbonyl (C=O) groups is 3. The lowest BCUT2D eigenvalue weighted by atomic mass is 10.2. The standard InChI is InChI=1S/C12H7I2NO4/c1-5-2-9(16)15(11(5)17)10-7(13)3-6(12(18)19)4-8(10)14/h2-4H,1H3,(H,18,19). The molecule has 0 unspecified atom stereocenters. The fourth-order valence-corrected chi connectivity index (χ4v) is 3.95. The van der Waals surface area contributed by atoms with Crippen LogP contribution in [0.3, 0.4) is 0 Å². The summed E-state index contributed by atoms with van der Waals surface area (Å²) in [5.74, 6) is -1.82. The number of hydrogen-bond acceptors (Lipinski definition) is 3. The molecule has 0 saturated heterocycles. The maximum atomic E-state index is 12.0. The quantitative estimate of drug-likeness (QED) is 0.519. The lowest BCUT2D eigenvalue weighted by Gasteiger charge is -2.18. The van der Waals surface area contributed by atoms with E-state index in [1.807, 2.05) is 45.2 Å². The molecule has 0 aromatic heterocycles. The molecule has 0 fully saturated rings. The molecule has 0 atom stereocenters. The average Bonchev–Trinajstić information content (AvgIpc) is 2.54. The van der Waals surface area contributed by atoms with Crippen LogP contribution >= 0.6 is 45.2 Å². The molecule has 0 saturated carbocycles.